The number of allylic oxidation sites excluding steroid dienone is 1. The first-order valence-corrected chi connectivity index (χ1v) is 6.55. The topological polar surface area (TPSA) is 49.9 Å². The number of ether oxygens (including phenoxy) is 1. The zero-order valence-electron chi connectivity index (χ0n) is 12.5. The molecule has 1 aliphatic rings. The lowest BCUT2D eigenvalue weighted by atomic mass is 10.0. The van der Waals surface area contributed by atoms with Gasteiger partial charge in [-0.15, -0.1) is 0 Å². The van der Waals surface area contributed by atoms with Gasteiger partial charge in [0.05, 0.1) is 0 Å². The molecular formula is C14H24N2O3. The molecule has 5 heteroatoms. The third-order valence-corrected chi connectivity index (χ3v) is 2.78. The molecule has 108 valence electrons. The van der Waals surface area contributed by atoms with Crippen molar-refractivity contribution >= 4 is 11.9 Å². The second-order valence-electron chi connectivity index (χ2n) is 6.09. The summed E-state index contributed by atoms with van der Waals surface area (Å²) in [4.78, 5) is 27.2. The number of nitrogens with zero attached hydrogens (tertiary/aromatic N) is 2. The van der Waals surface area contributed by atoms with Crippen LogP contribution in [0.4, 0.5) is 4.79 Å². The van der Waals surface area contributed by atoms with E-state index >= 15 is 0 Å². The minimum absolute atomic E-state index is 0.0692. The third kappa shape index (κ3) is 5.32. The van der Waals surface area contributed by atoms with E-state index in [1.807, 2.05) is 39.8 Å². The van der Waals surface area contributed by atoms with Gasteiger partial charge in [-0.25, -0.2) is 4.79 Å². The molecule has 5 nitrogen and oxygen atoms in total. The predicted octanol–water partition coefficient (Wildman–Crippen LogP) is 1.89. The minimum Gasteiger partial charge on any atom is -0.444 e. The van der Waals surface area contributed by atoms with Gasteiger partial charge in [-0.05, 0) is 33.3 Å². The predicted molar refractivity (Wildman–Crippen MR) is 73.7 cm³/mol. The summed E-state index contributed by atoms with van der Waals surface area (Å²) in [6.45, 7) is 6.54. The van der Waals surface area contributed by atoms with Gasteiger partial charge in [0.1, 0.15) is 5.60 Å². The van der Waals surface area contributed by atoms with Crippen molar-refractivity contribution in [1.82, 2.24) is 9.80 Å². The smallest absolute Gasteiger partial charge is 0.410 e. The van der Waals surface area contributed by atoms with Crippen LogP contribution in [0.3, 0.4) is 0 Å². The van der Waals surface area contributed by atoms with E-state index in [0.717, 1.165) is 0 Å². The Balaban J connectivity index is 2.50. The first kappa shape index (κ1) is 15.5. The van der Waals surface area contributed by atoms with E-state index in [2.05, 4.69) is 0 Å². The Morgan fingerprint density at radius 1 is 1.32 bits per heavy atom. The van der Waals surface area contributed by atoms with Crippen LogP contribution in [0.1, 0.15) is 27.2 Å². The van der Waals surface area contributed by atoms with Crippen LogP contribution in [0.2, 0.25) is 0 Å². The molecule has 0 saturated carbocycles. The molecule has 0 spiro atoms. The Labute approximate surface area is 115 Å². The molecule has 0 unspecified atom stereocenters. The first-order valence-electron chi connectivity index (χ1n) is 6.55. The molecule has 1 saturated heterocycles. The lowest BCUT2D eigenvalue weighted by molar-refractivity contribution is -0.117. The highest BCUT2D eigenvalue weighted by molar-refractivity contribution is 5.92. The maximum atomic E-state index is 11.9. The Bertz CT molecular complexity index is 369. The van der Waals surface area contributed by atoms with Crippen molar-refractivity contribution in [2.75, 3.05) is 27.2 Å². The van der Waals surface area contributed by atoms with Gasteiger partial charge in [0.2, 0.25) is 0 Å². The summed E-state index contributed by atoms with van der Waals surface area (Å²) in [6, 6.07) is 0. The summed E-state index contributed by atoms with van der Waals surface area (Å²) >= 11 is 0. The van der Waals surface area contributed by atoms with Crippen LogP contribution in [0.25, 0.3) is 0 Å². The zero-order chi connectivity index (χ0) is 14.6. The molecule has 0 aromatic heterocycles. The Morgan fingerprint density at radius 2 is 1.95 bits per heavy atom. The van der Waals surface area contributed by atoms with Crippen molar-refractivity contribution in [2.45, 2.75) is 32.8 Å². The summed E-state index contributed by atoms with van der Waals surface area (Å²) in [5.74, 6) is -0.0384. The fraction of sp³-hybridized carbons (Fsp3) is 0.714. The zero-order valence-corrected chi connectivity index (χ0v) is 12.5. The van der Waals surface area contributed by atoms with E-state index in [4.69, 9.17) is 4.74 Å². The second kappa shape index (κ2) is 6.08. The van der Waals surface area contributed by atoms with E-state index in [1.165, 1.54) is 0 Å². The average molecular weight is 268 g/mol. The van der Waals surface area contributed by atoms with E-state index in [-0.39, 0.29) is 17.8 Å². The van der Waals surface area contributed by atoms with Crippen LogP contribution in [-0.2, 0) is 9.53 Å². The number of rotatable bonds is 3. The van der Waals surface area contributed by atoms with Crippen molar-refractivity contribution in [3.63, 3.8) is 0 Å². The number of carbonyl (C=O) groups is 2. The molecule has 1 amide bonds. The number of amides is 1. The van der Waals surface area contributed by atoms with E-state index in [1.54, 1.807) is 17.2 Å². The summed E-state index contributed by atoms with van der Waals surface area (Å²) in [5.41, 5.74) is -0.496. The standard InChI is InChI=1S/C14H24N2O3/c1-14(2,3)19-13(18)16-9-6-11(10-16)12(17)7-8-15(4)5/h7-8,11H,6,9-10H2,1-5H3/b8-7+/t11-/m1/s1. The fourth-order valence-corrected chi connectivity index (χ4v) is 1.84. The average Bonchev–Trinajstić information content (AvgIpc) is 2.72. The lowest BCUT2D eigenvalue weighted by Crippen LogP contribution is -2.35. The fourth-order valence-electron chi connectivity index (χ4n) is 1.84. The Hall–Kier alpha value is -1.52. The summed E-state index contributed by atoms with van der Waals surface area (Å²) in [5, 5.41) is 0. The molecule has 0 N–H and O–H groups in total. The van der Waals surface area contributed by atoms with Crippen molar-refractivity contribution < 1.29 is 14.3 Å². The quantitative estimate of drug-likeness (QED) is 0.733. The van der Waals surface area contributed by atoms with E-state index in [9.17, 15) is 9.59 Å². The van der Waals surface area contributed by atoms with Crippen LogP contribution in [0, 0.1) is 5.92 Å². The molecule has 0 radical (unpaired) electrons. The van der Waals surface area contributed by atoms with Crippen LogP contribution in [-0.4, -0.2) is 54.5 Å². The van der Waals surface area contributed by atoms with Crippen molar-refractivity contribution in [2.24, 2.45) is 5.92 Å². The number of hydrogen-bond donors (Lipinski definition) is 0. The number of hydrogen-bond acceptors (Lipinski definition) is 4. The molecule has 1 rings (SSSR count). The van der Waals surface area contributed by atoms with Gasteiger partial charge in [-0.1, -0.05) is 0 Å². The number of carbonyl (C=O) groups excluding carboxylic acids is 2. The minimum atomic E-state index is -0.496. The Morgan fingerprint density at radius 3 is 2.47 bits per heavy atom. The molecule has 1 fully saturated rings. The molecule has 0 bridgehead atoms. The molecular weight excluding hydrogens is 244 g/mol. The maximum Gasteiger partial charge on any atom is 0.410 e. The van der Waals surface area contributed by atoms with Gasteiger partial charge in [-0.3, -0.25) is 4.79 Å². The summed E-state index contributed by atoms with van der Waals surface area (Å²) in [6.07, 6.45) is 3.68. The highest BCUT2D eigenvalue weighted by Gasteiger charge is 2.32. The van der Waals surface area contributed by atoms with Gasteiger partial charge in [-0.2, -0.15) is 0 Å². The summed E-state index contributed by atoms with van der Waals surface area (Å²) in [7, 11) is 3.73. The van der Waals surface area contributed by atoms with Gasteiger partial charge in [0.25, 0.3) is 0 Å². The normalized spacial score (nSPS) is 19.8. The van der Waals surface area contributed by atoms with Gasteiger partial charge in [0, 0.05) is 39.3 Å². The van der Waals surface area contributed by atoms with Crippen molar-refractivity contribution in [1.29, 1.82) is 0 Å². The largest absolute Gasteiger partial charge is 0.444 e. The number of ketones is 1. The molecule has 0 aliphatic carbocycles. The van der Waals surface area contributed by atoms with E-state index in [0.29, 0.717) is 19.5 Å². The van der Waals surface area contributed by atoms with Gasteiger partial charge < -0.3 is 14.5 Å². The SMILES string of the molecule is CN(C)/C=C/C(=O)[C@@H]1CCN(C(=O)OC(C)(C)C)C1. The van der Waals surface area contributed by atoms with Crippen LogP contribution in [0.15, 0.2) is 12.3 Å². The third-order valence-electron chi connectivity index (χ3n) is 2.78. The number of likely N-dealkylation sites (tertiary alicyclic amines) is 1. The molecule has 0 aromatic carbocycles. The molecule has 1 heterocycles. The van der Waals surface area contributed by atoms with Crippen LogP contribution >= 0.6 is 0 Å². The molecule has 19 heavy (non-hydrogen) atoms. The first-order chi connectivity index (χ1) is 8.69. The van der Waals surface area contributed by atoms with Gasteiger partial charge in [0.15, 0.2) is 5.78 Å². The molecule has 0 aromatic rings. The monoisotopic (exact) mass is 268 g/mol. The summed E-state index contributed by atoms with van der Waals surface area (Å²) < 4.78 is 5.30. The lowest BCUT2D eigenvalue weighted by Gasteiger charge is -2.24. The van der Waals surface area contributed by atoms with Gasteiger partial charge >= 0.3 is 6.09 Å². The Kier molecular flexibility index (Phi) is 4.97. The highest BCUT2D eigenvalue weighted by atomic mass is 16.6. The van der Waals surface area contributed by atoms with Crippen LogP contribution in [0.5, 0.6) is 0 Å². The van der Waals surface area contributed by atoms with Crippen molar-refractivity contribution in [3.8, 4) is 0 Å². The highest BCUT2D eigenvalue weighted by Crippen LogP contribution is 2.20. The second-order valence-corrected chi connectivity index (χ2v) is 6.09. The van der Waals surface area contributed by atoms with Crippen molar-refractivity contribution in [3.05, 3.63) is 12.3 Å². The van der Waals surface area contributed by atoms with E-state index < -0.39 is 5.60 Å². The molecule has 1 aliphatic heterocycles. The molecule has 1 atom stereocenters. The maximum absolute atomic E-state index is 11.9. The van der Waals surface area contributed by atoms with Crippen LogP contribution < -0.4 is 0 Å².